The number of aromatic nitrogens is 1. The van der Waals surface area contributed by atoms with Crippen LogP contribution in [0, 0.1) is 12.8 Å². The maximum absolute atomic E-state index is 12.8. The fourth-order valence-electron chi connectivity index (χ4n) is 4.27. The highest BCUT2D eigenvalue weighted by molar-refractivity contribution is 5.95. The van der Waals surface area contributed by atoms with Gasteiger partial charge in [-0.15, -0.1) is 0 Å². The average molecular weight is 449 g/mol. The van der Waals surface area contributed by atoms with E-state index in [0.29, 0.717) is 30.9 Å². The second kappa shape index (κ2) is 9.97. The molecule has 0 unspecified atom stereocenters. The number of carbonyl (C=O) groups is 2. The van der Waals surface area contributed by atoms with Crippen molar-refractivity contribution in [1.82, 2.24) is 20.7 Å². The average Bonchev–Trinajstić information content (AvgIpc) is 2.83. The molecule has 3 N–H and O–H groups in total. The number of fused-ring (bicyclic) bond motifs is 1. The van der Waals surface area contributed by atoms with Crippen molar-refractivity contribution in [3.8, 4) is 5.75 Å². The van der Waals surface area contributed by atoms with Gasteiger partial charge in [-0.1, -0.05) is 18.2 Å². The fraction of sp³-hybridized carbons (Fsp3) is 0.320. The van der Waals surface area contributed by atoms with Crippen LogP contribution < -0.4 is 15.5 Å². The molecule has 2 atom stereocenters. The van der Waals surface area contributed by atoms with Crippen LogP contribution in [0.4, 0.5) is 0 Å². The van der Waals surface area contributed by atoms with E-state index in [0.717, 1.165) is 28.7 Å². The molecule has 1 aromatic heterocycles. The maximum Gasteiger partial charge on any atom is 0.251 e. The molecule has 8 heteroatoms. The number of pyridine rings is 1. The van der Waals surface area contributed by atoms with Gasteiger partial charge in [0.05, 0.1) is 11.4 Å². The van der Waals surface area contributed by atoms with E-state index in [-0.39, 0.29) is 11.9 Å². The summed E-state index contributed by atoms with van der Waals surface area (Å²) in [6.07, 6.45) is 0.626. The van der Waals surface area contributed by atoms with Crippen LogP contribution >= 0.6 is 0 Å². The van der Waals surface area contributed by atoms with E-state index in [1.54, 1.807) is 29.7 Å². The summed E-state index contributed by atoms with van der Waals surface area (Å²) >= 11 is 0. The van der Waals surface area contributed by atoms with Crippen molar-refractivity contribution in [3.63, 3.8) is 0 Å². The molecule has 1 aliphatic rings. The van der Waals surface area contributed by atoms with Crippen molar-refractivity contribution < 1.29 is 19.5 Å². The Hall–Kier alpha value is -3.49. The summed E-state index contributed by atoms with van der Waals surface area (Å²) in [6, 6.07) is 16.6. The number of hydroxylamine groups is 1. The largest absolute Gasteiger partial charge is 0.489 e. The fourth-order valence-corrected chi connectivity index (χ4v) is 4.27. The van der Waals surface area contributed by atoms with Crippen molar-refractivity contribution >= 4 is 22.7 Å². The van der Waals surface area contributed by atoms with Crippen LogP contribution in [0.1, 0.15) is 28.0 Å². The Balaban J connectivity index is 1.40. The van der Waals surface area contributed by atoms with E-state index >= 15 is 0 Å². The molecule has 2 aromatic carbocycles. The minimum atomic E-state index is -0.515. The lowest BCUT2D eigenvalue weighted by atomic mass is 9.91. The van der Waals surface area contributed by atoms with Crippen molar-refractivity contribution in [2.75, 3.05) is 20.1 Å². The molecule has 1 saturated heterocycles. The lowest BCUT2D eigenvalue weighted by molar-refractivity contribution is -0.135. The first-order valence-corrected chi connectivity index (χ1v) is 11.0. The van der Waals surface area contributed by atoms with E-state index in [9.17, 15) is 9.59 Å². The molecule has 2 heterocycles. The zero-order chi connectivity index (χ0) is 23.4. The summed E-state index contributed by atoms with van der Waals surface area (Å²) in [5.74, 6) is -0.613. The van der Waals surface area contributed by atoms with Gasteiger partial charge < -0.3 is 15.0 Å². The minimum Gasteiger partial charge on any atom is -0.489 e. The summed E-state index contributed by atoms with van der Waals surface area (Å²) in [6.45, 7) is 3.58. The number of hydrogen-bond donors (Lipinski definition) is 3. The van der Waals surface area contributed by atoms with Gasteiger partial charge in [-0.3, -0.25) is 19.8 Å². The Morgan fingerprint density at radius 1 is 1.18 bits per heavy atom. The van der Waals surface area contributed by atoms with E-state index in [2.05, 4.69) is 10.3 Å². The predicted octanol–water partition coefficient (Wildman–Crippen LogP) is 2.68. The summed E-state index contributed by atoms with van der Waals surface area (Å²) in [4.78, 5) is 31.3. The predicted molar refractivity (Wildman–Crippen MR) is 124 cm³/mol. The lowest BCUT2D eigenvalue weighted by Crippen LogP contribution is -2.54. The summed E-state index contributed by atoms with van der Waals surface area (Å²) in [5, 5.41) is 13.0. The smallest absolute Gasteiger partial charge is 0.251 e. The van der Waals surface area contributed by atoms with Gasteiger partial charge in [-0.2, -0.15) is 0 Å². The quantitative estimate of drug-likeness (QED) is 0.396. The van der Waals surface area contributed by atoms with E-state index in [1.807, 2.05) is 49.2 Å². The van der Waals surface area contributed by atoms with Gasteiger partial charge in [0.25, 0.3) is 5.91 Å². The Morgan fingerprint density at radius 2 is 1.94 bits per heavy atom. The zero-order valence-corrected chi connectivity index (χ0v) is 18.7. The lowest BCUT2D eigenvalue weighted by Gasteiger charge is -2.35. The van der Waals surface area contributed by atoms with Gasteiger partial charge in [0.2, 0.25) is 5.91 Å². The number of hydrogen-bond acceptors (Lipinski definition) is 6. The van der Waals surface area contributed by atoms with Gasteiger partial charge in [-0.25, -0.2) is 5.48 Å². The molecule has 0 aliphatic carbocycles. The number of piperidine rings is 1. The van der Waals surface area contributed by atoms with Gasteiger partial charge in [0, 0.05) is 34.8 Å². The van der Waals surface area contributed by atoms with E-state index in [1.165, 1.54) is 0 Å². The van der Waals surface area contributed by atoms with E-state index < -0.39 is 11.8 Å². The summed E-state index contributed by atoms with van der Waals surface area (Å²) in [5.41, 5.74) is 5.11. The van der Waals surface area contributed by atoms with Gasteiger partial charge in [-0.05, 0) is 63.3 Å². The number of likely N-dealkylation sites (tertiary alicyclic amines) is 1. The maximum atomic E-state index is 12.8. The summed E-state index contributed by atoms with van der Waals surface area (Å²) < 4.78 is 5.97. The van der Waals surface area contributed by atoms with Gasteiger partial charge in [0.15, 0.2) is 0 Å². The molecule has 1 fully saturated rings. The first kappa shape index (κ1) is 22.7. The van der Waals surface area contributed by atoms with Crippen LogP contribution in [0.5, 0.6) is 5.75 Å². The third kappa shape index (κ3) is 5.30. The SMILES string of the molecule is Cc1cc(COc2ccc(C(=O)N[C@@H]3CCN(C)C[C@@H]3C(=O)NO)cc2)c2ccccc2n1. The number of nitrogens with one attached hydrogen (secondary N) is 2. The summed E-state index contributed by atoms with van der Waals surface area (Å²) in [7, 11) is 1.91. The van der Waals surface area contributed by atoms with Crippen LogP contribution in [-0.4, -0.2) is 53.1 Å². The standard InChI is InChI=1S/C25H28N4O4/c1-16-13-18(20-5-3-4-6-22(20)26-16)15-33-19-9-7-17(8-10-19)24(30)27-23-11-12-29(2)14-21(23)25(31)28-32/h3-10,13,21,23,32H,11-12,14-15H2,1-2H3,(H,27,30)(H,28,31)/t21-,23+/m0/s1. The van der Waals surface area contributed by atoms with Gasteiger partial charge in [0.1, 0.15) is 12.4 Å². The molecule has 33 heavy (non-hydrogen) atoms. The Morgan fingerprint density at radius 3 is 2.70 bits per heavy atom. The van der Waals surface area contributed by atoms with Crippen LogP contribution in [0.15, 0.2) is 54.6 Å². The van der Waals surface area contributed by atoms with Gasteiger partial charge >= 0.3 is 0 Å². The van der Waals surface area contributed by atoms with Crippen molar-refractivity contribution in [3.05, 3.63) is 71.4 Å². The normalized spacial score (nSPS) is 18.6. The first-order chi connectivity index (χ1) is 15.9. The van der Waals surface area contributed by atoms with Crippen molar-refractivity contribution in [1.29, 1.82) is 0 Å². The Labute approximate surface area is 192 Å². The van der Waals surface area contributed by atoms with Crippen LogP contribution in [0.25, 0.3) is 10.9 Å². The molecule has 0 bridgehead atoms. The number of carbonyl (C=O) groups excluding carboxylic acids is 2. The number of para-hydroxylation sites is 1. The number of ether oxygens (including phenoxy) is 1. The van der Waals surface area contributed by atoms with Crippen LogP contribution in [0.2, 0.25) is 0 Å². The molecular weight excluding hydrogens is 420 g/mol. The number of rotatable bonds is 6. The molecule has 3 aromatic rings. The highest BCUT2D eigenvalue weighted by Crippen LogP contribution is 2.22. The molecule has 4 rings (SSSR count). The molecule has 8 nitrogen and oxygen atoms in total. The molecular formula is C25H28N4O4. The third-order valence-corrected chi connectivity index (χ3v) is 6.02. The van der Waals surface area contributed by atoms with Crippen LogP contribution in [-0.2, 0) is 11.4 Å². The third-order valence-electron chi connectivity index (χ3n) is 6.02. The Kier molecular flexibility index (Phi) is 6.86. The number of nitrogens with zero attached hydrogens (tertiary/aromatic N) is 2. The van der Waals surface area contributed by atoms with E-state index in [4.69, 9.17) is 9.94 Å². The first-order valence-electron chi connectivity index (χ1n) is 11.0. The zero-order valence-electron chi connectivity index (χ0n) is 18.7. The molecule has 172 valence electrons. The molecule has 2 amide bonds. The number of amides is 2. The molecule has 0 radical (unpaired) electrons. The minimum absolute atomic E-state index is 0.261. The van der Waals surface area contributed by atoms with Crippen LogP contribution in [0.3, 0.4) is 0 Å². The molecule has 1 aliphatic heterocycles. The molecule has 0 spiro atoms. The molecule has 0 saturated carbocycles. The second-order valence-electron chi connectivity index (χ2n) is 8.47. The number of benzene rings is 2. The second-order valence-corrected chi connectivity index (χ2v) is 8.47. The topological polar surface area (TPSA) is 104 Å². The highest BCUT2D eigenvalue weighted by atomic mass is 16.5. The highest BCUT2D eigenvalue weighted by Gasteiger charge is 2.34. The monoisotopic (exact) mass is 448 g/mol. The Bertz CT molecular complexity index is 1150. The van der Waals surface area contributed by atoms with Crippen molar-refractivity contribution in [2.24, 2.45) is 5.92 Å². The van der Waals surface area contributed by atoms with Crippen molar-refractivity contribution in [2.45, 2.75) is 26.0 Å². The number of aryl methyl sites for hydroxylation is 1.